The maximum absolute atomic E-state index is 10.9. The van der Waals surface area contributed by atoms with Crippen LogP contribution in [0, 0.1) is 6.92 Å². The number of carboxylic acids is 1. The number of thiazole rings is 1. The van der Waals surface area contributed by atoms with E-state index in [2.05, 4.69) is 25.4 Å². The Kier molecular flexibility index (Phi) is 3.26. The minimum Gasteiger partial charge on any atom is -0.476 e. The van der Waals surface area contributed by atoms with E-state index in [4.69, 9.17) is 5.11 Å². The summed E-state index contributed by atoms with van der Waals surface area (Å²) in [7, 11) is 0. The van der Waals surface area contributed by atoms with E-state index in [0.29, 0.717) is 10.8 Å². The third-order valence-electron chi connectivity index (χ3n) is 2.86. The Bertz CT molecular complexity index is 811. The molecule has 0 saturated heterocycles. The van der Waals surface area contributed by atoms with E-state index < -0.39 is 5.97 Å². The largest absolute Gasteiger partial charge is 0.476 e. The Morgan fingerprint density at radius 1 is 1.48 bits per heavy atom. The average Bonchev–Trinajstić information content (AvgIpc) is 3.06. The molecule has 1 atom stereocenters. The molecule has 0 bridgehead atoms. The topological polar surface area (TPSA) is 105 Å². The summed E-state index contributed by atoms with van der Waals surface area (Å²) in [5.41, 5.74) is 0.871. The lowest BCUT2D eigenvalue weighted by molar-refractivity contribution is 0.0691. The minimum absolute atomic E-state index is 0.0560. The highest BCUT2D eigenvalue weighted by atomic mass is 32.1. The molecule has 9 heteroatoms. The molecule has 0 aliphatic carbocycles. The van der Waals surface area contributed by atoms with Gasteiger partial charge < -0.3 is 10.4 Å². The number of nitrogens with zero attached hydrogens (tertiary/aromatic N) is 5. The van der Waals surface area contributed by atoms with Crippen LogP contribution >= 0.6 is 11.3 Å². The number of aromatic nitrogens is 5. The minimum atomic E-state index is -1.02. The summed E-state index contributed by atoms with van der Waals surface area (Å²) in [6.07, 6.45) is 1.43. The van der Waals surface area contributed by atoms with E-state index in [9.17, 15) is 4.79 Å². The number of carbonyl (C=O) groups is 1. The third kappa shape index (κ3) is 2.55. The second-order valence-corrected chi connectivity index (χ2v) is 5.39. The molecule has 3 aromatic heterocycles. The number of rotatable bonds is 4. The van der Waals surface area contributed by atoms with Crippen molar-refractivity contribution in [1.29, 1.82) is 0 Å². The predicted octanol–water partition coefficient (Wildman–Crippen LogP) is 1.76. The summed E-state index contributed by atoms with van der Waals surface area (Å²) in [5.74, 6) is 0.216. The first-order chi connectivity index (χ1) is 10.0. The predicted molar refractivity (Wildman–Crippen MR) is 76.6 cm³/mol. The van der Waals surface area contributed by atoms with Crippen molar-refractivity contribution in [3.05, 3.63) is 34.2 Å². The van der Waals surface area contributed by atoms with Gasteiger partial charge in [0.1, 0.15) is 17.2 Å². The molecule has 3 rings (SSSR count). The molecule has 108 valence electrons. The molecule has 2 N–H and O–H groups in total. The van der Waals surface area contributed by atoms with Gasteiger partial charge in [-0.2, -0.15) is 14.6 Å². The lowest BCUT2D eigenvalue weighted by Gasteiger charge is -2.13. The van der Waals surface area contributed by atoms with Gasteiger partial charge in [0.2, 0.25) is 0 Å². The molecule has 0 aliphatic heterocycles. The Morgan fingerprint density at radius 2 is 2.29 bits per heavy atom. The highest BCUT2D eigenvalue weighted by Gasteiger charge is 2.15. The van der Waals surface area contributed by atoms with Crippen molar-refractivity contribution < 1.29 is 9.90 Å². The molecule has 1 unspecified atom stereocenters. The normalized spacial score (nSPS) is 12.5. The maximum atomic E-state index is 10.9. The number of nitrogens with one attached hydrogen (secondary N) is 1. The summed E-state index contributed by atoms with van der Waals surface area (Å²) < 4.78 is 1.59. The number of aryl methyl sites for hydroxylation is 1. The van der Waals surface area contributed by atoms with Crippen molar-refractivity contribution in [2.24, 2.45) is 0 Å². The van der Waals surface area contributed by atoms with E-state index in [1.165, 1.54) is 23.0 Å². The van der Waals surface area contributed by atoms with E-state index >= 15 is 0 Å². The van der Waals surface area contributed by atoms with Gasteiger partial charge in [-0.1, -0.05) is 0 Å². The van der Waals surface area contributed by atoms with Gasteiger partial charge in [0.05, 0.1) is 6.04 Å². The first kappa shape index (κ1) is 13.4. The lowest BCUT2D eigenvalue weighted by Crippen LogP contribution is -2.11. The van der Waals surface area contributed by atoms with Crippen molar-refractivity contribution in [3.63, 3.8) is 0 Å². The van der Waals surface area contributed by atoms with Crippen LogP contribution in [0.4, 0.5) is 5.82 Å². The second-order valence-electron chi connectivity index (χ2n) is 4.50. The van der Waals surface area contributed by atoms with Crippen LogP contribution in [-0.2, 0) is 0 Å². The Labute approximate surface area is 123 Å². The fourth-order valence-corrected chi connectivity index (χ4v) is 2.70. The molecular weight excluding hydrogens is 292 g/mol. The van der Waals surface area contributed by atoms with Crippen molar-refractivity contribution in [1.82, 2.24) is 24.6 Å². The summed E-state index contributed by atoms with van der Waals surface area (Å²) >= 11 is 1.30. The summed E-state index contributed by atoms with van der Waals surface area (Å²) in [6, 6.07) is 1.70. The molecule has 0 radical (unpaired) electrons. The monoisotopic (exact) mass is 304 g/mol. The van der Waals surface area contributed by atoms with Crippen LogP contribution in [0.25, 0.3) is 5.78 Å². The molecule has 3 aromatic rings. The Morgan fingerprint density at radius 3 is 3.00 bits per heavy atom. The van der Waals surface area contributed by atoms with Gasteiger partial charge >= 0.3 is 5.97 Å². The molecule has 21 heavy (non-hydrogen) atoms. The van der Waals surface area contributed by atoms with Gasteiger partial charge in [-0.05, 0) is 13.8 Å². The highest BCUT2D eigenvalue weighted by Crippen LogP contribution is 2.22. The van der Waals surface area contributed by atoms with Crippen LogP contribution in [0.15, 0.2) is 17.8 Å². The summed E-state index contributed by atoms with van der Waals surface area (Å²) in [6.45, 7) is 3.78. The van der Waals surface area contributed by atoms with E-state index in [1.807, 2.05) is 19.9 Å². The van der Waals surface area contributed by atoms with Gasteiger partial charge in [-0.15, -0.1) is 11.3 Å². The zero-order chi connectivity index (χ0) is 15.0. The van der Waals surface area contributed by atoms with Crippen LogP contribution in [-0.4, -0.2) is 35.6 Å². The molecule has 3 heterocycles. The van der Waals surface area contributed by atoms with Gasteiger partial charge in [0.15, 0.2) is 5.69 Å². The SMILES string of the molecule is Cc1cc(NC(C)c2nc(C(=O)O)cs2)n2ncnc2n1. The van der Waals surface area contributed by atoms with Gasteiger partial charge in [-0.25, -0.2) is 14.8 Å². The fourth-order valence-electron chi connectivity index (χ4n) is 1.90. The first-order valence-electron chi connectivity index (χ1n) is 6.17. The van der Waals surface area contributed by atoms with Crippen LogP contribution in [0.2, 0.25) is 0 Å². The zero-order valence-corrected chi connectivity index (χ0v) is 12.1. The van der Waals surface area contributed by atoms with Crippen LogP contribution < -0.4 is 5.32 Å². The number of hydrogen-bond donors (Lipinski definition) is 2. The van der Waals surface area contributed by atoms with Gasteiger partial charge in [-0.3, -0.25) is 0 Å². The van der Waals surface area contributed by atoms with Gasteiger partial charge in [0.25, 0.3) is 5.78 Å². The molecule has 0 saturated carbocycles. The van der Waals surface area contributed by atoms with E-state index in [0.717, 1.165) is 11.5 Å². The van der Waals surface area contributed by atoms with Crippen molar-refractivity contribution in [3.8, 4) is 0 Å². The Hall–Kier alpha value is -2.55. The van der Waals surface area contributed by atoms with E-state index in [-0.39, 0.29) is 11.7 Å². The summed E-state index contributed by atoms with van der Waals surface area (Å²) in [5, 5.41) is 18.5. The molecule has 8 nitrogen and oxygen atoms in total. The van der Waals surface area contributed by atoms with Crippen LogP contribution in [0.5, 0.6) is 0 Å². The average molecular weight is 304 g/mol. The van der Waals surface area contributed by atoms with Crippen molar-refractivity contribution in [2.45, 2.75) is 19.9 Å². The number of aromatic carboxylic acids is 1. The number of carboxylic acid groups (broad SMARTS) is 1. The van der Waals surface area contributed by atoms with Crippen LogP contribution in [0.1, 0.15) is 34.2 Å². The molecule has 0 aromatic carbocycles. The molecule has 0 fully saturated rings. The first-order valence-corrected chi connectivity index (χ1v) is 7.05. The lowest BCUT2D eigenvalue weighted by atomic mass is 10.3. The van der Waals surface area contributed by atoms with Gasteiger partial charge in [0, 0.05) is 17.1 Å². The molecule has 0 spiro atoms. The maximum Gasteiger partial charge on any atom is 0.355 e. The third-order valence-corrected chi connectivity index (χ3v) is 3.88. The van der Waals surface area contributed by atoms with Crippen molar-refractivity contribution >= 4 is 28.9 Å². The molecule has 0 amide bonds. The second kappa shape index (κ2) is 5.09. The van der Waals surface area contributed by atoms with Crippen molar-refractivity contribution in [2.75, 3.05) is 5.32 Å². The fraction of sp³-hybridized carbons (Fsp3) is 0.250. The number of fused-ring (bicyclic) bond motifs is 1. The molecule has 0 aliphatic rings. The van der Waals surface area contributed by atoms with E-state index in [1.54, 1.807) is 4.52 Å². The summed E-state index contributed by atoms with van der Waals surface area (Å²) in [4.78, 5) is 23.3. The smallest absolute Gasteiger partial charge is 0.355 e. The zero-order valence-electron chi connectivity index (χ0n) is 11.3. The highest BCUT2D eigenvalue weighted by molar-refractivity contribution is 7.09. The molecular formula is C12H12N6O2S. The number of hydrogen-bond acceptors (Lipinski definition) is 7. The standard InChI is InChI=1S/C12H12N6O2S/c1-6-3-9(18-12(15-6)13-5-14-18)16-7(2)10-17-8(4-21-10)11(19)20/h3-5,7,16H,1-2H3,(H,19,20). The Balaban J connectivity index is 1.90. The number of anilines is 1. The van der Waals surface area contributed by atoms with Crippen LogP contribution in [0.3, 0.4) is 0 Å². The quantitative estimate of drug-likeness (QED) is 0.756.